The standard InChI is InChI=1S/C10H11N3O2/c11-8-5-6(9-12-3-4-13-9)1-2-7(8)10(14)15/h1-2,5H,3-4,11H2,(H,12,13)(H,14,15). The molecule has 15 heavy (non-hydrogen) atoms. The van der Waals surface area contributed by atoms with Crippen LogP contribution in [0.2, 0.25) is 0 Å². The number of rotatable bonds is 2. The van der Waals surface area contributed by atoms with Gasteiger partial charge < -0.3 is 16.2 Å². The van der Waals surface area contributed by atoms with Crippen LogP contribution in [0.3, 0.4) is 0 Å². The Bertz CT molecular complexity index is 440. The average Bonchev–Trinajstić information content (AvgIpc) is 2.69. The van der Waals surface area contributed by atoms with E-state index >= 15 is 0 Å². The zero-order valence-electron chi connectivity index (χ0n) is 8.03. The number of benzene rings is 1. The lowest BCUT2D eigenvalue weighted by Crippen LogP contribution is -2.19. The van der Waals surface area contributed by atoms with Crippen LogP contribution in [0.4, 0.5) is 5.69 Å². The van der Waals surface area contributed by atoms with Gasteiger partial charge in [-0.3, -0.25) is 4.99 Å². The van der Waals surface area contributed by atoms with Gasteiger partial charge in [-0.2, -0.15) is 0 Å². The third-order valence-electron chi connectivity index (χ3n) is 2.23. The number of aromatic carboxylic acids is 1. The molecule has 2 rings (SSSR count). The Morgan fingerprint density at radius 3 is 2.87 bits per heavy atom. The lowest BCUT2D eigenvalue weighted by atomic mass is 10.1. The largest absolute Gasteiger partial charge is 0.478 e. The number of carboxylic acid groups (broad SMARTS) is 1. The topological polar surface area (TPSA) is 87.7 Å². The van der Waals surface area contributed by atoms with E-state index in [-0.39, 0.29) is 11.3 Å². The highest BCUT2D eigenvalue weighted by Crippen LogP contribution is 2.15. The predicted molar refractivity (Wildman–Crippen MR) is 57.2 cm³/mol. The Labute approximate surface area is 86.6 Å². The van der Waals surface area contributed by atoms with Gasteiger partial charge in [0.05, 0.1) is 12.1 Å². The molecule has 1 aliphatic heterocycles. The molecule has 0 amide bonds. The number of nitrogen functional groups attached to an aromatic ring is 1. The fourth-order valence-electron chi connectivity index (χ4n) is 1.50. The Morgan fingerprint density at radius 1 is 1.53 bits per heavy atom. The Kier molecular flexibility index (Phi) is 2.29. The third kappa shape index (κ3) is 1.76. The quantitative estimate of drug-likeness (QED) is 0.606. The van der Waals surface area contributed by atoms with Crippen LogP contribution in [0.1, 0.15) is 15.9 Å². The highest BCUT2D eigenvalue weighted by Gasteiger charge is 2.12. The molecule has 1 aliphatic rings. The first-order chi connectivity index (χ1) is 7.18. The number of amidine groups is 1. The lowest BCUT2D eigenvalue weighted by molar-refractivity contribution is 0.0698. The maximum Gasteiger partial charge on any atom is 0.337 e. The smallest absolute Gasteiger partial charge is 0.337 e. The van der Waals surface area contributed by atoms with Crippen LogP contribution in [0.5, 0.6) is 0 Å². The van der Waals surface area contributed by atoms with E-state index in [9.17, 15) is 4.79 Å². The SMILES string of the molecule is Nc1cc(C2=NCCN2)ccc1C(=O)O. The van der Waals surface area contributed by atoms with Crippen LogP contribution in [0, 0.1) is 0 Å². The van der Waals surface area contributed by atoms with Crippen molar-refractivity contribution in [1.82, 2.24) is 5.32 Å². The molecular weight excluding hydrogens is 194 g/mol. The van der Waals surface area contributed by atoms with Crippen LogP contribution >= 0.6 is 0 Å². The molecule has 0 saturated carbocycles. The Balaban J connectivity index is 2.37. The summed E-state index contributed by atoms with van der Waals surface area (Å²) in [6, 6.07) is 4.83. The summed E-state index contributed by atoms with van der Waals surface area (Å²) < 4.78 is 0. The minimum Gasteiger partial charge on any atom is -0.478 e. The zero-order valence-corrected chi connectivity index (χ0v) is 8.03. The molecule has 1 aromatic rings. The van der Waals surface area contributed by atoms with Crippen LogP contribution in [-0.2, 0) is 0 Å². The fourth-order valence-corrected chi connectivity index (χ4v) is 1.50. The van der Waals surface area contributed by atoms with Crippen molar-refractivity contribution in [2.75, 3.05) is 18.8 Å². The lowest BCUT2D eigenvalue weighted by Gasteiger charge is -2.05. The molecule has 1 heterocycles. The van der Waals surface area contributed by atoms with Gasteiger partial charge in [0, 0.05) is 17.8 Å². The minimum atomic E-state index is -1.01. The summed E-state index contributed by atoms with van der Waals surface area (Å²) in [6.07, 6.45) is 0. The highest BCUT2D eigenvalue weighted by atomic mass is 16.4. The number of nitrogens with two attached hydrogens (primary N) is 1. The molecule has 4 N–H and O–H groups in total. The van der Waals surface area contributed by atoms with Crippen molar-refractivity contribution < 1.29 is 9.90 Å². The second kappa shape index (κ2) is 3.61. The molecule has 0 radical (unpaired) electrons. The Hall–Kier alpha value is -2.04. The van der Waals surface area contributed by atoms with Gasteiger partial charge in [-0.1, -0.05) is 6.07 Å². The van der Waals surface area contributed by atoms with Gasteiger partial charge in [0.1, 0.15) is 5.84 Å². The van der Waals surface area contributed by atoms with E-state index in [1.54, 1.807) is 12.1 Å². The second-order valence-electron chi connectivity index (χ2n) is 3.26. The summed E-state index contributed by atoms with van der Waals surface area (Å²) in [5.74, 6) is -0.237. The van der Waals surface area contributed by atoms with Gasteiger partial charge in [0.25, 0.3) is 0 Å². The molecule has 0 unspecified atom stereocenters. The van der Waals surface area contributed by atoms with E-state index in [1.807, 2.05) is 0 Å². The molecule has 0 aliphatic carbocycles. The second-order valence-corrected chi connectivity index (χ2v) is 3.26. The molecule has 1 aromatic carbocycles. The summed E-state index contributed by atoms with van der Waals surface area (Å²) in [7, 11) is 0. The number of aliphatic imine (C=N–C) groups is 1. The van der Waals surface area contributed by atoms with Crippen LogP contribution in [0.25, 0.3) is 0 Å². The third-order valence-corrected chi connectivity index (χ3v) is 2.23. The summed E-state index contributed by atoms with van der Waals surface area (Å²) in [4.78, 5) is 15.0. The van der Waals surface area contributed by atoms with Crippen molar-refractivity contribution in [1.29, 1.82) is 0 Å². The van der Waals surface area contributed by atoms with E-state index in [2.05, 4.69) is 10.3 Å². The van der Waals surface area contributed by atoms with E-state index in [0.29, 0.717) is 0 Å². The van der Waals surface area contributed by atoms with Crippen LogP contribution < -0.4 is 11.1 Å². The maximum atomic E-state index is 10.7. The predicted octanol–water partition coefficient (Wildman–Crippen LogP) is 0.317. The zero-order chi connectivity index (χ0) is 10.8. The summed E-state index contributed by atoms with van der Waals surface area (Å²) in [5, 5.41) is 11.9. The summed E-state index contributed by atoms with van der Waals surface area (Å²) in [5.41, 5.74) is 6.84. The fraction of sp³-hybridized carbons (Fsp3) is 0.200. The maximum absolute atomic E-state index is 10.7. The van der Waals surface area contributed by atoms with Crippen molar-refractivity contribution in [3.63, 3.8) is 0 Å². The number of anilines is 1. The first-order valence-corrected chi connectivity index (χ1v) is 4.60. The number of hydrogen-bond acceptors (Lipinski definition) is 4. The van der Waals surface area contributed by atoms with Gasteiger partial charge in [-0.05, 0) is 12.1 Å². The monoisotopic (exact) mass is 205 g/mol. The molecule has 0 bridgehead atoms. The number of carboxylic acids is 1. The van der Waals surface area contributed by atoms with E-state index in [0.717, 1.165) is 24.5 Å². The summed E-state index contributed by atoms with van der Waals surface area (Å²) >= 11 is 0. The number of hydrogen-bond donors (Lipinski definition) is 3. The van der Waals surface area contributed by atoms with Gasteiger partial charge in [-0.25, -0.2) is 4.79 Å². The first-order valence-electron chi connectivity index (χ1n) is 4.60. The van der Waals surface area contributed by atoms with E-state index in [4.69, 9.17) is 10.8 Å². The van der Waals surface area contributed by atoms with E-state index in [1.165, 1.54) is 6.07 Å². The molecule has 0 spiro atoms. The molecule has 0 fully saturated rings. The minimum absolute atomic E-state index is 0.123. The molecule has 5 nitrogen and oxygen atoms in total. The average molecular weight is 205 g/mol. The van der Waals surface area contributed by atoms with E-state index < -0.39 is 5.97 Å². The normalized spacial score (nSPS) is 14.5. The van der Waals surface area contributed by atoms with Gasteiger partial charge in [-0.15, -0.1) is 0 Å². The van der Waals surface area contributed by atoms with Crippen molar-refractivity contribution in [3.05, 3.63) is 29.3 Å². The van der Waals surface area contributed by atoms with Gasteiger partial charge >= 0.3 is 5.97 Å². The first kappa shape index (κ1) is 9.51. The highest BCUT2D eigenvalue weighted by molar-refractivity contribution is 6.02. The van der Waals surface area contributed by atoms with Crippen molar-refractivity contribution in [2.24, 2.45) is 4.99 Å². The number of nitrogens with zero attached hydrogens (tertiary/aromatic N) is 1. The number of carbonyl (C=O) groups is 1. The molecular formula is C10H11N3O2. The molecule has 0 saturated heterocycles. The molecule has 0 atom stereocenters. The van der Waals surface area contributed by atoms with Gasteiger partial charge in [0.15, 0.2) is 0 Å². The summed E-state index contributed by atoms with van der Waals surface area (Å²) in [6.45, 7) is 1.56. The van der Waals surface area contributed by atoms with Crippen molar-refractivity contribution in [3.8, 4) is 0 Å². The van der Waals surface area contributed by atoms with Crippen molar-refractivity contribution in [2.45, 2.75) is 0 Å². The van der Waals surface area contributed by atoms with Crippen LogP contribution in [-0.4, -0.2) is 30.0 Å². The molecule has 0 aromatic heterocycles. The number of nitrogens with one attached hydrogen (secondary N) is 1. The molecule has 78 valence electrons. The Morgan fingerprint density at radius 2 is 2.33 bits per heavy atom. The molecule has 5 heteroatoms. The van der Waals surface area contributed by atoms with Crippen molar-refractivity contribution >= 4 is 17.5 Å². The van der Waals surface area contributed by atoms with Gasteiger partial charge in [0.2, 0.25) is 0 Å². The van der Waals surface area contributed by atoms with Crippen LogP contribution in [0.15, 0.2) is 23.2 Å².